The van der Waals surface area contributed by atoms with Crippen LogP contribution in [0.3, 0.4) is 0 Å². The molecule has 2 heterocycles. The standard InChI is InChI=1S/C7H3F3N4O2/c8-7(9,10)5-12-6-11-3(4(15)16)1-2-14(6)13-5/h1-2H,(H,15,16). The van der Waals surface area contributed by atoms with Gasteiger partial charge in [0.25, 0.3) is 11.6 Å². The lowest BCUT2D eigenvalue weighted by Gasteiger charge is -1.96. The number of rotatable bonds is 1. The zero-order chi connectivity index (χ0) is 11.9. The number of carbonyl (C=O) groups is 1. The van der Waals surface area contributed by atoms with Gasteiger partial charge < -0.3 is 5.11 Å². The highest BCUT2D eigenvalue weighted by Crippen LogP contribution is 2.26. The van der Waals surface area contributed by atoms with E-state index in [0.717, 1.165) is 16.8 Å². The van der Waals surface area contributed by atoms with Gasteiger partial charge >= 0.3 is 12.1 Å². The first-order valence-electron chi connectivity index (χ1n) is 3.92. The van der Waals surface area contributed by atoms with Gasteiger partial charge in [-0.05, 0) is 6.07 Å². The Hall–Kier alpha value is -2.19. The summed E-state index contributed by atoms with van der Waals surface area (Å²) in [6, 6.07) is 1.03. The third kappa shape index (κ3) is 1.66. The maximum Gasteiger partial charge on any atom is 0.453 e. The molecule has 0 atom stereocenters. The Balaban J connectivity index is 2.59. The molecule has 0 spiro atoms. The molecule has 0 bridgehead atoms. The molecule has 0 fully saturated rings. The predicted molar refractivity (Wildman–Crippen MR) is 42.7 cm³/mol. The van der Waals surface area contributed by atoms with Crippen LogP contribution in [0, 0.1) is 0 Å². The monoisotopic (exact) mass is 232 g/mol. The number of fused-ring (bicyclic) bond motifs is 1. The minimum absolute atomic E-state index is 0.395. The molecule has 1 N–H and O–H groups in total. The number of hydrogen-bond donors (Lipinski definition) is 1. The van der Waals surface area contributed by atoms with Crippen LogP contribution in [0.5, 0.6) is 0 Å². The van der Waals surface area contributed by atoms with Crippen LogP contribution in [0.25, 0.3) is 5.78 Å². The summed E-state index contributed by atoms with van der Waals surface area (Å²) in [5, 5.41) is 11.7. The van der Waals surface area contributed by atoms with Gasteiger partial charge in [0.05, 0.1) is 0 Å². The van der Waals surface area contributed by atoms with E-state index in [1.165, 1.54) is 0 Å². The van der Waals surface area contributed by atoms with Crippen LogP contribution in [-0.4, -0.2) is 30.7 Å². The van der Waals surface area contributed by atoms with E-state index in [4.69, 9.17) is 5.11 Å². The Bertz CT molecular complexity index is 562. The minimum atomic E-state index is -4.68. The van der Waals surface area contributed by atoms with Crippen LogP contribution >= 0.6 is 0 Å². The average molecular weight is 232 g/mol. The lowest BCUT2D eigenvalue weighted by Crippen LogP contribution is -2.07. The smallest absolute Gasteiger partial charge is 0.453 e. The molecule has 0 radical (unpaired) electrons. The fourth-order valence-electron chi connectivity index (χ4n) is 1.02. The van der Waals surface area contributed by atoms with Crippen molar-refractivity contribution in [3.8, 4) is 0 Å². The molecule has 0 aromatic carbocycles. The third-order valence-electron chi connectivity index (χ3n) is 1.68. The van der Waals surface area contributed by atoms with Crippen LogP contribution in [0.15, 0.2) is 12.3 Å². The van der Waals surface area contributed by atoms with Crippen molar-refractivity contribution in [1.29, 1.82) is 0 Å². The molecule has 2 rings (SSSR count). The molecule has 0 aliphatic heterocycles. The van der Waals surface area contributed by atoms with Crippen LogP contribution in [0.4, 0.5) is 13.2 Å². The molecule has 0 saturated heterocycles. The van der Waals surface area contributed by atoms with Gasteiger partial charge in [0.15, 0.2) is 5.69 Å². The number of aromatic nitrogens is 4. The highest BCUT2D eigenvalue weighted by atomic mass is 19.4. The van der Waals surface area contributed by atoms with Crippen molar-refractivity contribution in [3.63, 3.8) is 0 Å². The molecule has 0 unspecified atom stereocenters. The van der Waals surface area contributed by atoms with Gasteiger partial charge in [-0.3, -0.25) is 0 Å². The quantitative estimate of drug-likeness (QED) is 0.787. The first-order chi connectivity index (χ1) is 7.38. The third-order valence-corrected chi connectivity index (χ3v) is 1.68. The predicted octanol–water partition coefficient (Wildman–Crippen LogP) is 0.841. The second-order valence-corrected chi connectivity index (χ2v) is 2.80. The van der Waals surface area contributed by atoms with E-state index in [2.05, 4.69) is 15.1 Å². The van der Waals surface area contributed by atoms with E-state index in [1.54, 1.807) is 0 Å². The van der Waals surface area contributed by atoms with Gasteiger partial charge in [-0.15, -0.1) is 5.10 Å². The largest absolute Gasteiger partial charge is 0.477 e. The molecule has 0 amide bonds. The zero-order valence-electron chi connectivity index (χ0n) is 7.43. The molecule has 0 saturated carbocycles. The lowest BCUT2D eigenvalue weighted by atomic mass is 10.4. The Morgan fingerprint density at radius 2 is 2.06 bits per heavy atom. The van der Waals surface area contributed by atoms with Gasteiger partial charge in [-0.2, -0.15) is 18.2 Å². The normalized spacial score (nSPS) is 11.9. The molecular formula is C7H3F3N4O2. The number of aromatic carboxylic acids is 1. The number of halogens is 3. The van der Waals surface area contributed by atoms with Crippen molar-refractivity contribution in [3.05, 3.63) is 23.8 Å². The average Bonchev–Trinajstić information content (AvgIpc) is 2.58. The maximum atomic E-state index is 12.2. The molecule has 0 aliphatic carbocycles. The van der Waals surface area contributed by atoms with Gasteiger partial charge in [0, 0.05) is 6.20 Å². The van der Waals surface area contributed by atoms with Gasteiger partial charge in [0.2, 0.25) is 0 Å². The Kier molecular flexibility index (Phi) is 2.04. The Morgan fingerprint density at radius 1 is 1.38 bits per heavy atom. The lowest BCUT2D eigenvalue weighted by molar-refractivity contribution is -0.144. The molecule has 6 nitrogen and oxygen atoms in total. The van der Waals surface area contributed by atoms with Gasteiger partial charge in [-0.1, -0.05) is 0 Å². The number of hydrogen-bond acceptors (Lipinski definition) is 4. The first kappa shape index (κ1) is 10.3. The number of carboxylic acids is 1. The van der Waals surface area contributed by atoms with Crippen LogP contribution in [-0.2, 0) is 6.18 Å². The van der Waals surface area contributed by atoms with Crippen LogP contribution in [0.1, 0.15) is 16.3 Å². The minimum Gasteiger partial charge on any atom is -0.477 e. The number of carboxylic acid groups (broad SMARTS) is 1. The summed E-state index contributed by atoms with van der Waals surface area (Å²) in [4.78, 5) is 17.0. The molecule has 9 heteroatoms. The van der Waals surface area contributed by atoms with E-state index in [1.807, 2.05) is 0 Å². The van der Waals surface area contributed by atoms with E-state index < -0.39 is 29.4 Å². The first-order valence-corrected chi connectivity index (χ1v) is 3.92. The highest BCUT2D eigenvalue weighted by Gasteiger charge is 2.36. The Morgan fingerprint density at radius 3 is 2.62 bits per heavy atom. The van der Waals surface area contributed by atoms with Gasteiger partial charge in [0.1, 0.15) is 0 Å². The SMILES string of the molecule is O=C(O)c1ccn2nc(C(F)(F)F)nc2n1. The molecule has 2 aromatic rings. The zero-order valence-corrected chi connectivity index (χ0v) is 7.43. The Labute approximate surface area is 85.4 Å². The maximum absolute atomic E-state index is 12.2. The topological polar surface area (TPSA) is 80.4 Å². The molecule has 0 aliphatic rings. The molecule has 84 valence electrons. The summed E-state index contributed by atoms with van der Waals surface area (Å²) in [5.74, 6) is -3.12. The second-order valence-electron chi connectivity index (χ2n) is 2.80. The summed E-state index contributed by atoms with van der Waals surface area (Å²) in [6.45, 7) is 0. The summed E-state index contributed by atoms with van der Waals surface area (Å²) in [7, 11) is 0. The highest BCUT2D eigenvalue weighted by molar-refractivity contribution is 5.85. The summed E-state index contributed by atoms with van der Waals surface area (Å²) in [5.41, 5.74) is -0.395. The van der Waals surface area contributed by atoms with E-state index in [0.29, 0.717) is 0 Å². The van der Waals surface area contributed by atoms with Crippen LogP contribution in [0.2, 0.25) is 0 Å². The van der Waals surface area contributed by atoms with Crippen molar-refractivity contribution >= 4 is 11.7 Å². The van der Waals surface area contributed by atoms with Crippen molar-refractivity contribution in [2.75, 3.05) is 0 Å². The number of nitrogens with zero attached hydrogens (tertiary/aromatic N) is 4. The van der Waals surface area contributed by atoms with Crippen molar-refractivity contribution in [2.24, 2.45) is 0 Å². The molecule has 2 aromatic heterocycles. The van der Waals surface area contributed by atoms with Crippen molar-refractivity contribution in [2.45, 2.75) is 6.18 Å². The molecular weight excluding hydrogens is 229 g/mol. The second kappa shape index (κ2) is 3.15. The van der Waals surface area contributed by atoms with Gasteiger partial charge in [-0.25, -0.2) is 14.3 Å². The summed E-state index contributed by atoms with van der Waals surface area (Å²) >= 11 is 0. The van der Waals surface area contributed by atoms with E-state index in [-0.39, 0.29) is 0 Å². The van der Waals surface area contributed by atoms with E-state index in [9.17, 15) is 18.0 Å². The number of alkyl halides is 3. The van der Waals surface area contributed by atoms with E-state index >= 15 is 0 Å². The van der Waals surface area contributed by atoms with Crippen molar-refractivity contribution < 1.29 is 23.1 Å². The molecule has 16 heavy (non-hydrogen) atoms. The van der Waals surface area contributed by atoms with Crippen LogP contribution < -0.4 is 0 Å². The fraction of sp³-hybridized carbons (Fsp3) is 0.143. The fourth-order valence-corrected chi connectivity index (χ4v) is 1.02. The summed E-state index contributed by atoms with van der Waals surface area (Å²) < 4.78 is 37.4. The summed E-state index contributed by atoms with van der Waals surface area (Å²) in [6.07, 6.45) is -3.63. The van der Waals surface area contributed by atoms with Crippen molar-refractivity contribution in [1.82, 2.24) is 19.6 Å².